The Morgan fingerprint density at radius 3 is 2.43 bits per heavy atom. The van der Waals surface area contributed by atoms with Crippen LogP contribution >= 0.6 is 0 Å². The number of rotatable bonds is 3. The molecule has 0 aliphatic heterocycles. The van der Waals surface area contributed by atoms with Gasteiger partial charge < -0.3 is 9.32 Å². The van der Waals surface area contributed by atoms with Crippen molar-refractivity contribution < 1.29 is 26.4 Å². The summed E-state index contributed by atoms with van der Waals surface area (Å²) >= 11 is 0. The number of fused-ring (bicyclic) bond motifs is 3. The third-order valence-corrected chi connectivity index (χ3v) is 4.12. The fourth-order valence-electron chi connectivity index (χ4n) is 2.78. The summed E-state index contributed by atoms with van der Waals surface area (Å²) < 4.78 is 73.1. The molecule has 0 aromatic carbocycles. The molecule has 7 nitrogen and oxygen atoms in total. The first kappa shape index (κ1) is 18.1. The van der Waals surface area contributed by atoms with Crippen molar-refractivity contribution in [1.29, 1.82) is 0 Å². The number of hydrogen-bond donors (Lipinski definition) is 0. The van der Waals surface area contributed by atoms with Crippen LogP contribution in [0.15, 0.2) is 35.2 Å². The van der Waals surface area contributed by atoms with Crippen molar-refractivity contribution in [3.05, 3.63) is 36.5 Å². The maximum Gasteiger partial charge on any atom is 0.459 e. The van der Waals surface area contributed by atoms with E-state index >= 15 is 0 Å². The summed E-state index contributed by atoms with van der Waals surface area (Å²) in [5.41, 5.74) is -0.868. The summed E-state index contributed by atoms with van der Waals surface area (Å²) in [6, 6.07) is 3.86. The summed E-state index contributed by atoms with van der Waals surface area (Å²) in [4.78, 5) is 9.29. The highest BCUT2D eigenvalue weighted by Crippen LogP contribution is 2.44. The van der Waals surface area contributed by atoms with Crippen LogP contribution < -0.4 is 4.90 Å². The molecule has 4 rings (SSSR count). The SMILES string of the molecule is CN(C)c1cc(C(F)(F)C(F)(F)F)nc2c1ccc1nc(-c3nnco3)cn12. The maximum atomic E-state index is 14.0. The van der Waals surface area contributed by atoms with E-state index in [1.807, 2.05) is 0 Å². The molecule has 0 fully saturated rings. The summed E-state index contributed by atoms with van der Waals surface area (Å²) in [6.07, 6.45) is -3.32. The van der Waals surface area contributed by atoms with E-state index in [9.17, 15) is 22.0 Å². The Bertz CT molecular complexity index is 1170. The van der Waals surface area contributed by atoms with Crippen LogP contribution in [0.2, 0.25) is 0 Å². The molecule has 4 aromatic rings. The third kappa shape index (κ3) is 2.63. The molecule has 0 atom stereocenters. The van der Waals surface area contributed by atoms with E-state index < -0.39 is 17.8 Å². The van der Waals surface area contributed by atoms with E-state index in [2.05, 4.69) is 20.2 Å². The highest BCUT2D eigenvalue weighted by atomic mass is 19.4. The molecule has 12 heteroatoms. The van der Waals surface area contributed by atoms with Crippen molar-refractivity contribution in [2.75, 3.05) is 19.0 Å². The van der Waals surface area contributed by atoms with Gasteiger partial charge in [0.25, 0.3) is 5.89 Å². The molecule has 0 aliphatic rings. The highest BCUT2D eigenvalue weighted by Gasteiger charge is 2.60. The molecule has 0 unspecified atom stereocenters. The van der Waals surface area contributed by atoms with E-state index in [-0.39, 0.29) is 28.6 Å². The smallest absolute Gasteiger partial charge is 0.422 e. The normalized spacial score (nSPS) is 12.8. The van der Waals surface area contributed by atoms with E-state index in [0.29, 0.717) is 5.39 Å². The summed E-state index contributed by atoms with van der Waals surface area (Å²) in [5.74, 6) is -5.05. The van der Waals surface area contributed by atoms with E-state index in [4.69, 9.17) is 4.42 Å². The molecule has 0 radical (unpaired) electrons. The third-order valence-electron chi connectivity index (χ3n) is 4.12. The zero-order valence-corrected chi connectivity index (χ0v) is 14.4. The second-order valence-corrected chi connectivity index (χ2v) is 6.16. The number of nitrogens with zero attached hydrogens (tertiary/aromatic N) is 6. The molecule has 0 N–H and O–H groups in total. The highest BCUT2D eigenvalue weighted by molar-refractivity contribution is 5.91. The van der Waals surface area contributed by atoms with Gasteiger partial charge in [-0.3, -0.25) is 4.40 Å². The van der Waals surface area contributed by atoms with Gasteiger partial charge in [-0.15, -0.1) is 10.2 Å². The van der Waals surface area contributed by atoms with Gasteiger partial charge in [0.15, 0.2) is 0 Å². The fourth-order valence-corrected chi connectivity index (χ4v) is 2.78. The van der Waals surface area contributed by atoms with Gasteiger partial charge in [0.2, 0.25) is 6.39 Å². The Morgan fingerprint density at radius 2 is 1.82 bits per heavy atom. The zero-order chi connectivity index (χ0) is 20.3. The average Bonchev–Trinajstić information content (AvgIpc) is 3.28. The van der Waals surface area contributed by atoms with Crippen molar-refractivity contribution in [1.82, 2.24) is 24.6 Å². The van der Waals surface area contributed by atoms with Crippen LogP contribution in [0.4, 0.5) is 27.6 Å². The molecule has 0 aliphatic carbocycles. The van der Waals surface area contributed by atoms with Crippen molar-refractivity contribution >= 4 is 22.4 Å². The molecule has 0 saturated heterocycles. The lowest BCUT2D eigenvalue weighted by Crippen LogP contribution is -2.34. The van der Waals surface area contributed by atoms with Crippen LogP contribution in [-0.4, -0.2) is 44.8 Å². The summed E-state index contributed by atoms with van der Waals surface area (Å²) in [5, 5.41) is 7.61. The second-order valence-electron chi connectivity index (χ2n) is 6.16. The van der Waals surface area contributed by atoms with Crippen molar-refractivity contribution in [3.8, 4) is 11.6 Å². The molecule has 28 heavy (non-hydrogen) atoms. The van der Waals surface area contributed by atoms with Gasteiger partial charge in [-0.25, -0.2) is 9.97 Å². The van der Waals surface area contributed by atoms with Crippen molar-refractivity contribution in [3.63, 3.8) is 0 Å². The molecular formula is C16H11F5N6O. The predicted molar refractivity (Wildman–Crippen MR) is 88.1 cm³/mol. The van der Waals surface area contributed by atoms with Crippen molar-refractivity contribution in [2.24, 2.45) is 0 Å². The second kappa shape index (κ2) is 5.84. The molecule has 0 saturated carbocycles. The monoisotopic (exact) mass is 398 g/mol. The average molecular weight is 398 g/mol. The minimum atomic E-state index is -5.78. The van der Waals surface area contributed by atoms with E-state index in [1.165, 1.54) is 29.6 Å². The first-order valence-corrected chi connectivity index (χ1v) is 7.81. The van der Waals surface area contributed by atoms with Crippen molar-refractivity contribution in [2.45, 2.75) is 12.1 Å². The lowest BCUT2D eigenvalue weighted by molar-refractivity contribution is -0.290. The van der Waals surface area contributed by atoms with Crippen LogP contribution in [0.5, 0.6) is 0 Å². The standard InChI is InChI=1S/C16H11F5N6O/c1-26(2)10-5-11(15(17,18)16(19,20)21)24-13-8(10)3-4-12-23-9(6-27(12)13)14-25-22-7-28-14/h3-7H,1-2H3. The largest absolute Gasteiger partial charge is 0.459 e. The zero-order valence-electron chi connectivity index (χ0n) is 14.4. The number of alkyl halides is 5. The number of pyridine rings is 2. The Morgan fingerprint density at radius 1 is 1.07 bits per heavy atom. The lowest BCUT2D eigenvalue weighted by atomic mass is 10.1. The maximum absolute atomic E-state index is 14.0. The van der Waals surface area contributed by atoms with Crippen LogP contribution in [0.25, 0.3) is 28.3 Å². The molecule has 0 bridgehead atoms. The van der Waals surface area contributed by atoms with Gasteiger partial charge in [0.05, 0.1) is 0 Å². The molecular weight excluding hydrogens is 387 g/mol. The number of aromatic nitrogens is 5. The first-order valence-electron chi connectivity index (χ1n) is 7.81. The number of imidazole rings is 1. The molecule has 146 valence electrons. The molecule has 4 heterocycles. The Hall–Kier alpha value is -3.31. The minimum absolute atomic E-state index is 0.0708. The van der Waals surface area contributed by atoms with Crippen LogP contribution in [0.3, 0.4) is 0 Å². The van der Waals surface area contributed by atoms with Gasteiger partial charge in [-0.2, -0.15) is 22.0 Å². The molecule has 0 spiro atoms. The van der Waals surface area contributed by atoms with Crippen LogP contribution in [-0.2, 0) is 5.92 Å². The Kier molecular flexibility index (Phi) is 3.77. The van der Waals surface area contributed by atoms with Crippen LogP contribution in [0.1, 0.15) is 5.69 Å². The van der Waals surface area contributed by atoms with Gasteiger partial charge in [0.1, 0.15) is 22.7 Å². The fraction of sp³-hybridized carbons (Fsp3) is 0.250. The van der Waals surface area contributed by atoms with Gasteiger partial charge >= 0.3 is 12.1 Å². The quantitative estimate of drug-likeness (QED) is 0.491. The summed E-state index contributed by atoms with van der Waals surface area (Å²) in [6.45, 7) is 0. The van der Waals surface area contributed by atoms with Crippen LogP contribution in [0, 0.1) is 0 Å². The number of hydrogen-bond acceptors (Lipinski definition) is 6. The van der Waals surface area contributed by atoms with Gasteiger partial charge in [-0.05, 0) is 18.2 Å². The summed E-state index contributed by atoms with van der Waals surface area (Å²) in [7, 11) is 3.07. The lowest BCUT2D eigenvalue weighted by Gasteiger charge is -2.22. The predicted octanol–water partition coefficient (Wildman–Crippen LogP) is 3.65. The number of anilines is 1. The Balaban J connectivity index is 2.05. The minimum Gasteiger partial charge on any atom is -0.422 e. The first-order chi connectivity index (χ1) is 13.1. The number of halogens is 5. The molecule has 4 aromatic heterocycles. The van der Waals surface area contributed by atoms with Gasteiger partial charge in [0, 0.05) is 31.4 Å². The topological polar surface area (TPSA) is 72.3 Å². The molecule has 0 amide bonds. The van der Waals surface area contributed by atoms with E-state index in [0.717, 1.165) is 12.5 Å². The van der Waals surface area contributed by atoms with E-state index in [1.54, 1.807) is 12.1 Å². The van der Waals surface area contributed by atoms with Gasteiger partial charge in [-0.1, -0.05) is 0 Å². The Labute approximate surface area is 153 Å².